The molecule has 1 aromatic heterocycles. The maximum absolute atomic E-state index is 12.8. The quantitative estimate of drug-likeness (QED) is 0.454. The summed E-state index contributed by atoms with van der Waals surface area (Å²) in [5, 5.41) is 3.87. The molecule has 144 valence electrons. The van der Waals surface area contributed by atoms with Crippen LogP contribution in [0, 0.1) is 5.82 Å². The monoisotopic (exact) mass is 384 g/mol. The van der Waals surface area contributed by atoms with Crippen molar-refractivity contribution < 1.29 is 27.9 Å². The minimum absolute atomic E-state index is 0.147. The van der Waals surface area contributed by atoms with Gasteiger partial charge in [0.25, 0.3) is 5.89 Å². The molecule has 0 saturated heterocycles. The molecule has 0 amide bonds. The average Bonchev–Trinajstić information content (AvgIpc) is 3.20. The fourth-order valence-corrected chi connectivity index (χ4v) is 2.33. The molecule has 3 rings (SSSR count). The molecule has 0 bridgehead atoms. The lowest BCUT2D eigenvalue weighted by molar-refractivity contribution is -0.139. The Bertz CT molecular complexity index is 983. The maximum atomic E-state index is 12.8. The first kappa shape index (κ1) is 19.1. The number of methoxy groups -OCH3 is 2. The number of hydrogen-bond donors (Lipinski definition) is 0. The van der Waals surface area contributed by atoms with E-state index in [1.165, 1.54) is 31.4 Å². The van der Waals surface area contributed by atoms with E-state index in [0.29, 0.717) is 28.5 Å². The second-order valence-corrected chi connectivity index (χ2v) is 5.57. The third-order valence-corrected chi connectivity index (χ3v) is 3.73. The smallest absolute Gasteiger partial charge is 0.331 e. The standard InChI is InChI=1S/C20H17FN2O5/c1-25-16-9-6-14(11-17(16)26-2)20-22-18(28-23-20)12-27-19(24)10-5-13-3-7-15(21)8-4-13/h3-11H,12H2,1-2H3/b10-5+. The van der Waals surface area contributed by atoms with Crippen LogP contribution in [0.5, 0.6) is 11.5 Å². The van der Waals surface area contributed by atoms with Gasteiger partial charge in [-0.2, -0.15) is 4.98 Å². The van der Waals surface area contributed by atoms with Crippen LogP contribution < -0.4 is 9.47 Å². The molecule has 0 radical (unpaired) electrons. The zero-order valence-corrected chi connectivity index (χ0v) is 15.2. The molecular weight excluding hydrogens is 367 g/mol. The molecule has 8 heteroatoms. The van der Waals surface area contributed by atoms with E-state index < -0.39 is 5.97 Å². The number of hydrogen-bond acceptors (Lipinski definition) is 7. The highest BCUT2D eigenvalue weighted by molar-refractivity contribution is 5.86. The van der Waals surface area contributed by atoms with E-state index in [4.69, 9.17) is 18.7 Å². The van der Waals surface area contributed by atoms with Crippen LogP contribution in [0.1, 0.15) is 11.5 Å². The van der Waals surface area contributed by atoms with E-state index in [0.717, 1.165) is 0 Å². The van der Waals surface area contributed by atoms with Gasteiger partial charge in [0, 0.05) is 11.6 Å². The molecule has 0 saturated carbocycles. The van der Waals surface area contributed by atoms with Gasteiger partial charge in [-0.25, -0.2) is 9.18 Å². The van der Waals surface area contributed by atoms with Gasteiger partial charge in [0.15, 0.2) is 18.1 Å². The van der Waals surface area contributed by atoms with E-state index >= 15 is 0 Å². The van der Waals surface area contributed by atoms with Gasteiger partial charge >= 0.3 is 5.97 Å². The Kier molecular flexibility index (Phi) is 6.01. The molecule has 0 spiro atoms. The second kappa shape index (κ2) is 8.81. The van der Waals surface area contributed by atoms with Crippen molar-refractivity contribution in [3.05, 3.63) is 65.8 Å². The van der Waals surface area contributed by atoms with Crippen molar-refractivity contribution in [2.75, 3.05) is 14.2 Å². The normalized spacial score (nSPS) is 10.8. The molecule has 0 fully saturated rings. The summed E-state index contributed by atoms with van der Waals surface area (Å²) in [6, 6.07) is 10.9. The number of esters is 1. The molecule has 0 aliphatic rings. The van der Waals surface area contributed by atoms with Gasteiger partial charge in [-0.15, -0.1) is 0 Å². The molecule has 2 aromatic carbocycles. The van der Waals surface area contributed by atoms with E-state index in [2.05, 4.69) is 10.1 Å². The minimum Gasteiger partial charge on any atom is -0.493 e. The fourth-order valence-electron chi connectivity index (χ4n) is 2.33. The van der Waals surface area contributed by atoms with Gasteiger partial charge in [-0.3, -0.25) is 0 Å². The van der Waals surface area contributed by atoms with Crippen molar-refractivity contribution >= 4 is 12.0 Å². The van der Waals surface area contributed by atoms with E-state index in [-0.39, 0.29) is 18.3 Å². The lowest BCUT2D eigenvalue weighted by atomic mass is 10.2. The Morgan fingerprint density at radius 3 is 2.57 bits per heavy atom. The number of carbonyl (C=O) groups is 1. The molecule has 0 aliphatic heterocycles. The Labute approximate surface area is 160 Å². The highest BCUT2D eigenvalue weighted by atomic mass is 19.1. The summed E-state index contributed by atoms with van der Waals surface area (Å²) in [6.07, 6.45) is 2.75. The lowest BCUT2D eigenvalue weighted by Gasteiger charge is -2.07. The van der Waals surface area contributed by atoms with Crippen LogP contribution >= 0.6 is 0 Å². The van der Waals surface area contributed by atoms with Crippen molar-refractivity contribution in [1.29, 1.82) is 0 Å². The number of carbonyl (C=O) groups excluding carboxylic acids is 1. The average molecular weight is 384 g/mol. The fraction of sp³-hybridized carbons (Fsp3) is 0.150. The summed E-state index contributed by atoms with van der Waals surface area (Å²) < 4.78 is 33.4. The van der Waals surface area contributed by atoms with Crippen molar-refractivity contribution in [1.82, 2.24) is 10.1 Å². The molecule has 7 nitrogen and oxygen atoms in total. The number of ether oxygens (including phenoxy) is 3. The lowest BCUT2D eigenvalue weighted by Crippen LogP contribution is -2.01. The molecule has 0 N–H and O–H groups in total. The first-order valence-electron chi connectivity index (χ1n) is 8.24. The molecule has 28 heavy (non-hydrogen) atoms. The first-order chi connectivity index (χ1) is 13.6. The van der Waals surface area contributed by atoms with Crippen LogP contribution in [0.15, 0.2) is 53.1 Å². The predicted molar refractivity (Wildman–Crippen MR) is 98.1 cm³/mol. The number of halogens is 1. The molecular formula is C20H17FN2O5. The van der Waals surface area contributed by atoms with Gasteiger partial charge in [-0.1, -0.05) is 17.3 Å². The van der Waals surface area contributed by atoms with Crippen LogP contribution in [0.2, 0.25) is 0 Å². The SMILES string of the molecule is COc1ccc(-c2noc(COC(=O)/C=C/c3ccc(F)cc3)n2)cc1OC. The predicted octanol–water partition coefficient (Wildman–Crippen LogP) is 3.65. The van der Waals surface area contributed by atoms with E-state index in [9.17, 15) is 9.18 Å². The highest BCUT2D eigenvalue weighted by Gasteiger charge is 2.13. The third kappa shape index (κ3) is 4.73. The van der Waals surface area contributed by atoms with Gasteiger partial charge in [0.2, 0.25) is 5.82 Å². The zero-order chi connectivity index (χ0) is 19.9. The highest BCUT2D eigenvalue weighted by Crippen LogP contribution is 2.31. The topological polar surface area (TPSA) is 83.7 Å². The third-order valence-electron chi connectivity index (χ3n) is 3.73. The number of benzene rings is 2. The Morgan fingerprint density at radius 1 is 1.11 bits per heavy atom. The Morgan fingerprint density at radius 2 is 1.86 bits per heavy atom. The first-order valence-corrected chi connectivity index (χ1v) is 8.24. The van der Waals surface area contributed by atoms with Gasteiger partial charge < -0.3 is 18.7 Å². The molecule has 0 unspecified atom stereocenters. The van der Waals surface area contributed by atoms with E-state index in [1.807, 2.05) is 0 Å². The molecule has 0 aliphatic carbocycles. The van der Waals surface area contributed by atoms with Crippen LogP contribution in [0.25, 0.3) is 17.5 Å². The summed E-state index contributed by atoms with van der Waals surface area (Å²) in [4.78, 5) is 16.0. The summed E-state index contributed by atoms with van der Waals surface area (Å²) in [7, 11) is 3.07. The van der Waals surface area contributed by atoms with Crippen molar-refractivity contribution in [2.24, 2.45) is 0 Å². The van der Waals surface area contributed by atoms with Crippen LogP contribution in [-0.4, -0.2) is 30.3 Å². The number of rotatable bonds is 7. The molecule has 3 aromatic rings. The van der Waals surface area contributed by atoms with Crippen molar-refractivity contribution in [3.8, 4) is 22.9 Å². The number of aromatic nitrogens is 2. The summed E-state index contributed by atoms with van der Waals surface area (Å²) in [5.41, 5.74) is 1.34. The molecule has 1 heterocycles. The van der Waals surface area contributed by atoms with Gasteiger partial charge in [-0.05, 0) is 42.0 Å². The summed E-state index contributed by atoms with van der Waals surface area (Å²) in [5.74, 6) is 0.652. The second-order valence-electron chi connectivity index (χ2n) is 5.57. The largest absolute Gasteiger partial charge is 0.493 e. The maximum Gasteiger partial charge on any atom is 0.331 e. The van der Waals surface area contributed by atoms with Crippen molar-refractivity contribution in [2.45, 2.75) is 6.61 Å². The van der Waals surface area contributed by atoms with Gasteiger partial charge in [0.1, 0.15) is 5.82 Å². The van der Waals surface area contributed by atoms with Crippen LogP contribution in [0.3, 0.4) is 0 Å². The van der Waals surface area contributed by atoms with E-state index in [1.54, 1.807) is 37.4 Å². The van der Waals surface area contributed by atoms with Crippen LogP contribution in [0.4, 0.5) is 4.39 Å². The zero-order valence-electron chi connectivity index (χ0n) is 15.2. The summed E-state index contributed by atoms with van der Waals surface area (Å²) >= 11 is 0. The Balaban J connectivity index is 1.60. The minimum atomic E-state index is -0.588. The molecule has 0 atom stereocenters. The summed E-state index contributed by atoms with van der Waals surface area (Å²) in [6.45, 7) is -0.174. The van der Waals surface area contributed by atoms with Gasteiger partial charge in [0.05, 0.1) is 14.2 Å². The van der Waals surface area contributed by atoms with Crippen molar-refractivity contribution in [3.63, 3.8) is 0 Å². The Hall–Kier alpha value is -3.68. The number of nitrogens with zero attached hydrogens (tertiary/aromatic N) is 2. The van der Waals surface area contributed by atoms with Crippen LogP contribution in [-0.2, 0) is 16.1 Å².